The summed E-state index contributed by atoms with van der Waals surface area (Å²) in [5.74, 6) is 0.492. The molecule has 0 atom stereocenters. The van der Waals surface area contributed by atoms with Crippen LogP contribution in [0, 0.1) is 5.92 Å². The Balaban J connectivity index is 0.000000297. The van der Waals surface area contributed by atoms with Crippen LogP contribution in [0.3, 0.4) is 0 Å². The van der Waals surface area contributed by atoms with Gasteiger partial charge in [0.25, 0.3) is 0 Å². The van der Waals surface area contributed by atoms with Crippen molar-refractivity contribution in [2.24, 2.45) is 5.92 Å². The van der Waals surface area contributed by atoms with Gasteiger partial charge in [0, 0.05) is 17.2 Å². The summed E-state index contributed by atoms with van der Waals surface area (Å²) in [6.45, 7) is 0. The van der Waals surface area contributed by atoms with Gasteiger partial charge in [-0.3, -0.25) is 9.59 Å². The number of fused-ring (bicyclic) bond motifs is 1. The fraction of sp³-hybridized carbons (Fsp3) is 0.308. The predicted molar refractivity (Wildman–Crippen MR) is 66.5 cm³/mol. The lowest BCUT2D eigenvalue weighted by molar-refractivity contribution is -0.115. The number of Topliss-reactive ketones (excluding diaryl/α,β-unsaturated/α-hetero) is 1. The molecular weight excluding hydrogens is 250 g/mol. The monoisotopic (exact) mass is 263 g/mol. The van der Waals surface area contributed by atoms with E-state index in [1.807, 2.05) is 18.2 Å². The van der Waals surface area contributed by atoms with Crippen LogP contribution in [0.2, 0.25) is 0 Å². The van der Waals surface area contributed by atoms with E-state index in [2.05, 4.69) is 5.32 Å². The first kappa shape index (κ1) is 13.1. The zero-order valence-electron chi connectivity index (χ0n) is 10.0. The van der Waals surface area contributed by atoms with Crippen LogP contribution >= 0.6 is 0 Å². The van der Waals surface area contributed by atoms with Gasteiger partial charge in [-0.15, -0.1) is 0 Å². The molecule has 100 valence electrons. The van der Waals surface area contributed by atoms with Crippen LogP contribution in [0.15, 0.2) is 18.2 Å². The van der Waals surface area contributed by atoms with E-state index >= 15 is 0 Å². The van der Waals surface area contributed by atoms with Crippen molar-refractivity contribution in [1.82, 2.24) is 0 Å². The molecule has 2 aliphatic rings. The topological polar surface area (TPSA) is 104 Å². The molecule has 0 bridgehead atoms. The maximum Gasteiger partial charge on any atom is 0.503 e. The lowest BCUT2D eigenvalue weighted by Gasteiger charge is -2.02. The van der Waals surface area contributed by atoms with Crippen LogP contribution < -0.4 is 5.32 Å². The van der Waals surface area contributed by atoms with Crippen LogP contribution in [0.4, 0.5) is 10.5 Å². The summed E-state index contributed by atoms with van der Waals surface area (Å²) in [6.07, 6.45) is 0.612. The number of carbonyl (C=O) groups excluding carboxylic acids is 2. The van der Waals surface area contributed by atoms with E-state index in [9.17, 15) is 9.59 Å². The maximum absolute atomic E-state index is 11.8. The molecule has 1 aliphatic carbocycles. The Kier molecular flexibility index (Phi) is 3.50. The molecule has 0 spiro atoms. The molecule has 19 heavy (non-hydrogen) atoms. The molecule has 6 nitrogen and oxygen atoms in total. The van der Waals surface area contributed by atoms with Crippen molar-refractivity contribution in [2.45, 2.75) is 19.3 Å². The SMILES string of the molecule is O=C(O)O.O=C1Cc2cc(C(=O)C3CC3)ccc2N1. The van der Waals surface area contributed by atoms with Gasteiger partial charge in [-0.2, -0.15) is 0 Å². The van der Waals surface area contributed by atoms with E-state index in [-0.39, 0.29) is 17.6 Å². The third-order valence-corrected chi connectivity index (χ3v) is 2.96. The Hall–Kier alpha value is -2.37. The molecule has 1 saturated carbocycles. The largest absolute Gasteiger partial charge is 0.503 e. The van der Waals surface area contributed by atoms with Crippen LogP contribution in [-0.4, -0.2) is 28.1 Å². The number of benzene rings is 1. The Morgan fingerprint density at radius 3 is 2.42 bits per heavy atom. The zero-order chi connectivity index (χ0) is 14.0. The summed E-state index contributed by atoms with van der Waals surface area (Å²) in [5, 5.41) is 16.7. The molecule has 1 amide bonds. The summed E-state index contributed by atoms with van der Waals surface area (Å²) < 4.78 is 0. The molecule has 1 aliphatic heterocycles. The molecule has 0 radical (unpaired) electrons. The fourth-order valence-electron chi connectivity index (χ4n) is 1.96. The Bertz CT molecular complexity index is 544. The number of nitrogens with one attached hydrogen (secondary N) is 1. The first-order valence-electron chi connectivity index (χ1n) is 5.86. The number of hydrogen-bond acceptors (Lipinski definition) is 3. The second-order valence-corrected chi connectivity index (χ2v) is 4.52. The smallest absolute Gasteiger partial charge is 0.450 e. The van der Waals surface area contributed by atoms with Gasteiger partial charge >= 0.3 is 6.16 Å². The van der Waals surface area contributed by atoms with Crippen molar-refractivity contribution in [3.05, 3.63) is 29.3 Å². The Labute approximate surface area is 109 Å². The van der Waals surface area contributed by atoms with Crippen LogP contribution in [0.1, 0.15) is 28.8 Å². The summed E-state index contributed by atoms with van der Waals surface area (Å²) in [5.41, 5.74) is 2.56. The molecule has 3 N–H and O–H groups in total. The third kappa shape index (κ3) is 3.31. The van der Waals surface area contributed by atoms with Crippen molar-refractivity contribution in [2.75, 3.05) is 5.32 Å². The van der Waals surface area contributed by atoms with E-state index in [4.69, 9.17) is 15.0 Å². The van der Waals surface area contributed by atoms with Gasteiger partial charge in [-0.25, -0.2) is 4.79 Å². The molecule has 0 saturated heterocycles. The van der Waals surface area contributed by atoms with Gasteiger partial charge in [0.1, 0.15) is 0 Å². The minimum Gasteiger partial charge on any atom is -0.450 e. The molecule has 0 aromatic heterocycles. The number of carbonyl (C=O) groups is 3. The lowest BCUT2D eigenvalue weighted by Crippen LogP contribution is -2.03. The van der Waals surface area contributed by atoms with Gasteiger partial charge in [-0.05, 0) is 36.6 Å². The molecule has 1 aromatic rings. The number of rotatable bonds is 2. The van der Waals surface area contributed by atoms with Crippen molar-refractivity contribution in [3.8, 4) is 0 Å². The molecule has 0 unspecified atom stereocenters. The van der Waals surface area contributed by atoms with Crippen molar-refractivity contribution in [3.63, 3.8) is 0 Å². The summed E-state index contributed by atoms with van der Waals surface area (Å²) in [4.78, 5) is 31.5. The minimum atomic E-state index is -1.83. The normalized spacial score (nSPS) is 15.9. The van der Waals surface area contributed by atoms with E-state index in [1.54, 1.807) is 0 Å². The van der Waals surface area contributed by atoms with Crippen molar-refractivity contribution < 1.29 is 24.6 Å². The molecule has 3 rings (SSSR count). The van der Waals surface area contributed by atoms with Gasteiger partial charge < -0.3 is 15.5 Å². The number of amides is 1. The molecule has 1 heterocycles. The van der Waals surface area contributed by atoms with E-state index in [0.29, 0.717) is 6.42 Å². The summed E-state index contributed by atoms with van der Waals surface area (Å²) >= 11 is 0. The van der Waals surface area contributed by atoms with Crippen LogP contribution in [0.5, 0.6) is 0 Å². The van der Waals surface area contributed by atoms with Crippen LogP contribution in [-0.2, 0) is 11.2 Å². The second kappa shape index (κ2) is 5.09. The highest BCUT2D eigenvalue weighted by atomic mass is 16.6. The highest BCUT2D eigenvalue weighted by Crippen LogP contribution is 2.34. The average Bonchev–Trinajstić information content (AvgIpc) is 3.08. The van der Waals surface area contributed by atoms with Gasteiger partial charge in [0.2, 0.25) is 5.91 Å². The minimum absolute atomic E-state index is 0.0148. The van der Waals surface area contributed by atoms with Gasteiger partial charge in [-0.1, -0.05) is 0 Å². The maximum atomic E-state index is 11.8. The summed E-state index contributed by atoms with van der Waals surface area (Å²) in [7, 11) is 0. The average molecular weight is 263 g/mol. The number of ketones is 1. The molecule has 1 aromatic carbocycles. The summed E-state index contributed by atoms with van der Waals surface area (Å²) in [6, 6.07) is 5.49. The number of carboxylic acid groups (broad SMARTS) is 2. The van der Waals surface area contributed by atoms with Crippen molar-refractivity contribution >= 4 is 23.5 Å². The van der Waals surface area contributed by atoms with Gasteiger partial charge in [0.15, 0.2) is 5.78 Å². The first-order valence-corrected chi connectivity index (χ1v) is 5.86. The Morgan fingerprint density at radius 2 is 1.84 bits per heavy atom. The highest BCUT2D eigenvalue weighted by Gasteiger charge is 2.31. The molecule has 1 fully saturated rings. The van der Waals surface area contributed by atoms with E-state index < -0.39 is 6.16 Å². The van der Waals surface area contributed by atoms with E-state index in [0.717, 1.165) is 29.7 Å². The van der Waals surface area contributed by atoms with Crippen molar-refractivity contribution in [1.29, 1.82) is 0 Å². The third-order valence-electron chi connectivity index (χ3n) is 2.96. The fourth-order valence-corrected chi connectivity index (χ4v) is 1.96. The quantitative estimate of drug-likeness (QED) is 0.708. The standard InChI is InChI=1S/C12H11NO2.CH2O3/c14-11-6-9-5-8(3-4-10(9)13-11)12(15)7-1-2-7;2-1(3)4/h3-5,7H,1-2,6H2,(H,13,14);(H2,2,3,4). The van der Waals surface area contributed by atoms with Crippen LogP contribution in [0.25, 0.3) is 0 Å². The lowest BCUT2D eigenvalue weighted by atomic mass is 10.0. The number of anilines is 1. The zero-order valence-corrected chi connectivity index (χ0v) is 10.0. The van der Waals surface area contributed by atoms with Gasteiger partial charge in [0.05, 0.1) is 6.42 Å². The molecule has 6 heteroatoms. The Morgan fingerprint density at radius 1 is 1.21 bits per heavy atom. The second-order valence-electron chi connectivity index (χ2n) is 4.52. The predicted octanol–water partition coefficient (Wildman–Crippen LogP) is 2.00. The number of hydrogen-bond donors (Lipinski definition) is 3. The molecular formula is C13H13NO5. The first-order chi connectivity index (χ1) is 8.97. The van der Waals surface area contributed by atoms with E-state index in [1.165, 1.54) is 0 Å². The highest BCUT2D eigenvalue weighted by molar-refractivity contribution is 6.03.